The number of benzene rings is 1. The van der Waals surface area contributed by atoms with Crippen LogP contribution in [0, 0.1) is 11.7 Å². The normalized spacial score (nSPS) is 14.7. The van der Waals surface area contributed by atoms with Gasteiger partial charge in [0.15, 0.2) is 5.96 Å². The molecule has 1 fully saturated rings. The van der Waals surface area contributed by atoms with E-state index < -0.39 is 0 Å². The highest BCUT2D eigenvalue weighted by Gasteiger charge is 2.25. The maximum absolute atomic E-state index is 13.3. The lowest BCUT2D eigenvalue weighted by Gasteiger charge is -2.27. The number of amides is 1. The fraction of sp³-hybridized carbons (Fsp3) is 0.600. The van der Waals surface area contributed by atoms with Crippen LogP contribution in [0.5, 0.6) is 0 Å². The highest BCUT2D eigenvalue weighted by atomic mass is 127. The van der Waals surface area contributed by atoms with Crippen LogP contribution in [0.2, 0.25) is 5.02 Å². The van der Waals surface area contributed by atoms with Crippen molar-refractivity contribution in [3.63, 3.8) is 0 Å². The lowest BCUT2D eigenvalue weighted by Crippen LogP contribution is -2.44. The van der Waals surface area contributed by atoms with Crippen molar-refractivity contribution in [2.75, 3.05) is 26.7 Å². The van der Waals surface area contributed by atoms with Gasteiger partial charge in [0.05, 0.1) is 0 Å². The summed E-state index contributed by atoms with van der Waals surface area (Å²) in [6.07, 6.45) is 4.04. The largest absolute Gasteiger partial charge is 0.356 e. The van der Waals surface area contributed by atoms with E-state index in [9.17, 15) is 9.18 Å². The molecule has 0 heterocycles. The molecular formula is C20H31ClFIN4O. The third-order valence-electron chi connectivity index (χ3n) is 5.00. The van der Waals surface area contributed by atoms with Crippen LogP contribution in [0.3, 0.4) is 0 Å². The molecule has 1 aliphatic rings. The number of hydrogen-bond acceptors (Lipinski definition) is 2. The number of hydrogen-bond donors (Lipinski definition) is 3. The van der Waals surface area contributed by atoms with Gasteiger partial charge in [-0.25, -0.2) is 4.39 Å². The molecular weight excluding hydrogens is 494 g/mol. The molecule has 0 aliphatic heterocycles. The molecule has 1 amide bonds. The van der Waals surface area contributed by atoms with Crippen molar-refractivity contribution >= 4 is 47.4 Å². The molecule has 28 heavy (non-hydrogen) atoms. The van der Waals surface area contributed by atoms with Gasteiger partial charge < -0.3 is 16.0 Å². The fourth-order valence-corrected chi connectivity index (χ4v) is 3.40. The topological polar surface area (TPSA) is 65.5 Å². The molecule has 2 rings (SSSR count). The summed E-state index contributed by atoms with van der Waals surface area (Å²) < 4.78 is 13.3. The Morgan fingerprint density at radius 1 is 1.25 bits per heavy atom. The maximum atomic E-state index is 13.3. The van der Waals surface area contributed by atoms with Crippen molar-refractivity contribution < 1.29 is 9.18 Å². The number of aliphatic imine (C=N–C) groups is 1. The molecule has 1 aromatic rings. The lowest BCUT2D eigenvalue weighted by molar-refractivity contribution is -0.127. The molecule has 0 bridgehead atoms. The fourth-order valence-electron chi connectivity index (χ4n) is 2.98. The molecule has 0 spiro atoms. The van der Waals surface area contributed by atoms with E-state index in [-0.39, 0.29) is 47.0 Å². The Labute approximate surface area is 189 Å². The van der Waals surface area contributed by atoms with Crippen molar-refractivity contribution in [2.24, 2.45) is 10.9 Å². The average Bonchev–Trinajstić information content (AvgIpc) is 2.55. The van der Waals surface area contributed by atoms with Gasteiger partial charge in [-0.15, -0.1) is 24.0 Å². The predicted octanol–water partition coefficient (Wildman–Crippen LogP) is 3.85. The van der Waals surface area contributed by atoms with Gasteiger partial charge in [0.1, 0.15) is 5.82 Å². The van der Waals surface area contributed by atoms with Crippen LogP contribution in [0.1, 0.15) is 45.1 Å². The first-order valence-electron chi connectivity index (χ1n) is 9.51. The van der Waals surface area contributed by atoms with Gasteiger partial charge >= 0.3 is 0 Å². The standard InChI is InChI=1S/C20H30ClFN4O.HI/c1-20(2,16-9-8-15(22)12-17(16)21)13-26-19(23-3)25-11-5-10-24-18(27)14-6-4-7-14;/h8-9,12,14H,4-7,10-11,13H2,1-3H3,(H,24,27)(H2,23,25,26);1H. The molecule has 0 atom stereocenters. The summed E-state index contributed by atoms with van der Waals surface area (Å²) in [4.78, 5) is 16.0. The first kappa shape index (κ1) is 24.9. The minimum Gasteiger partial charge on any atom is -0.356 e. The van der Waals surface area contributed by atoms with Crippen LogP contribution < -0.4 is 16.0 Å². The van der Waals surface area contributed by atoms with E-state index in [0.29, 0.717) is 30.6 Å². The smallest absolute Gasteiger partial charge is 0.223 e. The molecule has 1 saturated carbocycles. The second kappa shape index (κ2) is 11.8. The highest BCUT2D eigenvalue weighted by Crippen LogP contribution is 2.30. The Kier molecular flexibility index (Phi) is 10.5. The predicted molar refractivity (Wildman–Crippen MR) is 124 cm³/mol. The van der Waals surface area contributed by atoms with E-state index in [1.807, 2.05) is 13.8 Å². The molecule has 0 radical (unpaired) electrons. The number of halogens is 3. The Hall–Kier alpha value is -1.09. The molecule has 0 aromatic heterocycles. The Morgan fingerprint density at radius 2 is 1.93 bits per heavy atom. The van der Waals surface area contributed by atoms with Crippen LogP contribution in [0.15, 0.2) is 23.2 Å². The van der Waals surface area contributed by atoms with Crippen molar-refractivity contribution in [3.05, 3.63) is 34.6 Å². The Bertz CT molecular complexity index is 680. The minimum atomic E-state index is -0.339. The first-order valence-corrected chi connectivity index (χ1v) is 9.89. The zero-order valence-electron chi connectivity index (χ0n) is 16.8. The highest BCUT2D eigenvalue weighted by molar-refractivity contribution is 14.0. The number of guanidine groups is 1. The SMILES string of the molecule is CN=C(NCCCNC(=O)C1CCC1)NCC(C)(C)c1ccc(F)cc1Cl.I. The second-order valence-corrected chi connectivity index (χ2v) is 8.04. The maximum Gasteiger partial charge on any atom is 0.223 e. The third-order valence-corrected chi connectivity index (χ3v) is 5.32. The number of nitrogens with zero attached hydrogens (tertiary/aromatic N) is 1. The van der Waals surface area contributed by atoms with Crippen LogP contribution in [-0.4, -0.2) is 38.5 Å². The number of rotatable bonds is 8. The molecule has 0 saturated heterocycles. The van der Waals surface area contributed by atoms with Crippen LogP contribution in [-0.2, 0) is 10.2 Å². The molecule has 5 nitrogen and oxygen atoms in total. The van der Waals surface area contributed by atoms with Crippen LogP contribution >= 0.6 is 35.6 Å². The van der Waals surface area contributed by atoms with Crippen molar-refractivity contribution in [3.8, 4) is 0 Å². The van der Waals surface area contributed by atoms with E-state index in [0.717, 1.165) is 24.8 Å². The van der Waals surface area contributed by atoms with Crippen molar-refractivity contribution in [1.82, 2.24) is 16.0 Å². The van der Waals surface area contributed by atoms with E-state index in [2.05, 4.69) is 20.9 Å². The molecule has 1 aromatic carbocycles. The van der Waals surface area contributed by atoms with Gasteiger partial charge in [0.25, 0.3) is 0 Å². The summed E-state index contributed by atoms with van der Waals surface area (Å²) >= 11 is 6.20. The Morgan fingerprint density at radius 3 is 2.50 bits per heavy atom. The number of carbonyl (C=O) groups is 1. The lowest BCUT2D eigenvalue weighted by atomic mass is 9.84. The van der Waals surface area contributed by atoms with Crippen LogP contribution in [0.25, 0.3) is 0 Å². The Balaban J connectivity index is 0.00000392. The van der Waals surface area contributed by atoms with Gasteiger partial charge in [-0.1, -0.05) is 37.9 Å². The number of nitrogens with one attached hydrogen (secondary N) is 3. The third kappa shape index (κ3) is 7.39. The van der Waals surface area contributed by atoms with Crippen molar-refractivity contribution in [1.29, 1.82) is 0 Å². The summed E-state index contributed by atoms with van der Waals surface area (Å²) in [6, 6.07) is 4.48. The summed E-state index contributed by atoms with van der Waals surface area (Å²) in [5.74, 6) is 0.760. The van der Waals surface area contributed by atoms with Gasteiger partial charge in [-0.05, 0) is 37.0 Å². The molecule has 1 aliphatic carbocycles. The summed E-state index contributed by atoms with van der Waals surface area (Å²) in [5, 5.41) is 9.93. The molecule has 158 valence electrons. The quantitative estimate of drug-likeness (QED) is 0.210. The van der Waals surface area contributed by atoms with Crippen molar-refractivity contribution in [2.45, 2.75) is 44.9 Å². The van der Waals surface area contributed by atoms with Gasteiger partial charge in [-0.2, -0.15) is 0 Å². The van der Waals surface area contributed by atoms with E-state index in [1.165, 1.54) is 18.6 Å². The van der Waals surface area contributed by atoms with E-state index in [4.69, 9.17) is 11.6 Å². The zero-order chi connectivity index (χ0) is 19.9. The summed E-state index contributed by atoms with van der Waals surface area (Å²) in [6.45, 7) is 6.06. The molecule has 3 N–H and O–H groups in total. The van der Waals surface area contributed by atoms with Crippen LogP contribution in [0.4, 0.5) is 4.39 Å². The second-order valence-electron chi connectivity index (χ2n) is 7.63. The van der Waals surface area contributed by atoms with E-state index >= 15 is 0 Å². The average molecular weight is 525 g/mol. The molecule has 8 heteroatoms. The summed E-state index contributed by atoms with van der Waals surface area (Å²) in [7, 11) is 1.71. The van der Waals surface area contributed by atoms with Gasteiger partial charge in [0.2, 0.25) is 5.91 Å². The summed E-state index contributed by atoms with van der Waals surface area (Å²) in [5.41, 5.74) is 0.589. The molecule has 0 unspecified atom stereocenters. The van der Waals surface area contributed by atoms with E-state index in [1.54, 1.807) is 13.1 Å². The van der Waals surface area contributed by atoms with Gasteiger partial charge in [0, 0.05) is 43.0 Å². The van der Waals surface area contributed by atoms with Gasteiger partial charge in [-0.3, -0.25) is 9.79 Å². The monoisotopic (exact) mass is 524 g/mol. The minimum absolute atomic E-state index is 0. The number of carbonyl (C=O) groups excluding carboxylic acids is 1. The zero-order valence-corrected chi connectivity index (χ0v) is 19.9. The first-order chi connectivity index (χ1) is 12.8.